The molecule has 3 rings (SSSR count). The molecule has 32 heavy (non-hydrogen) atoms. The number of amides is 2. The number of cyclic esters (lactones) is 1. The molecule has 0 bridgehead atoms. The van der Waals surface area contributed by atoms with Gasteiger partial charge >= 0.3 is 12.5 Å². The molecule has 6 nitrogen and oxygen atoms in total. The van der Waals surface area contributed by atoms with Crippen LogP contribution in [0.4, 0.5) is 22.4 Å². The molecule has 0 aromatic heterocycles. The molecule has 1 saturated heterocycles. The number of hydrogen-bond donors (Lipinski definition) is 1. The maximum Gasteiger partial charge on any atom is 0.573 e. The second-order valence-corrected chi connectivity index (χ2v) is 7.57. The molecular weight excluding hydrogens is 432 g/mol. The van der Waals surface area contributed by atoms with Gasteiger partial charge in [-0.1, -0.05) is 24.3 Å². The molecule has 0 unspecified atom stereocenters. The Bertz CT molecular complexity index is 963. The molecule has 172 valence electrons. The molecule has 2 aromatic rings. The molecular formula is C22H22F4N2O4. The van der Waals surface area contributed by atoms with Crippen molar-refractivity contribution < 1.29 is 36.6 Å². The standard InChI is InChI=1S/C22H22F4N2O4/c1-14(15-2-8-18(9-3-15)31-22(24,25)26)28-13-12-21(32-20(28)30,11-10-19(27)29)16-4-6-17(23)7-5-16/h2-9,14H,10-13H2,1H3,(H2,27,29)/t14-,21-/m0/s1. The fourth-order valence-corrected chi connectivity index (χ4v) is 3.75. The maximum atomic E-state index is 13.4. The van der Waals surface area contributed by atoms with Crippen LogP contribution in [-0.4, -0.2) is 29.8 Å². The number of primary amides is 1. The zero-order valence-electron chi connectivity index (χ0n) is 17.2. The largest absolute Gasteiger partial charge is 0.573 e. The predicted octanol–water partition coefficient (Wildman–Crippen LogP) is 4.79. The van der Waals surface area contributed by atoms with Crippen molar-refractivity contribution in [1.29, 1.82) is 0 Å². The zero-order valence-corrected chi connectivity index (χ0v) is 17.2. The van der Waals surface area contributed by atoms with Crippen LogP contribution in [0.3, 0.4) is 0 Å². The summed E-state index contributed by atoms with van der Waals surface area (Å²) in [7, 11) is 0. The number of nitrogens with zero attached hydrogens (tertiary/aromatic N) is 1. The second-order valence-electron chi connectivity index (χ2n) is 7.57. The summed E-state index contributed by atoms with van der Waals surface area (Å²) in [6.45, 7) is 1.96. The Hall–Kier alpha value is -3.30. The minimum absolute atomic E-state index is 0.0269. The van der Waals surface area contributed by atoms with Crippen LogP contribution in [0.2, 0.25) is 0 Å². The summed E-state index contributed by atoms with van der Waals surface area (Å²) >= 11 is 0. The SMILES string of the molecule is C[C@@H](c1ccc(OC(F)(F)F)cc1)N1CC[C@@](CCC(N)=O)(c2ccc(F)cc2)OC1=O. The van der Waals surface area contributed by atoms with Crippen LogP contribution in [0.25, 0.3) is 0 Å². The molecule has 0 aliphatic carbocycles. The molecule has 2 atom stereocenters. The minimum Gasteiger partial charge on any atom is -0.438 e. The highest BCUT2D eigenvalue weighted by molar-refractivity contribution is 5.74. The van der Waals surface area contributed by atoms with Crippen LogP contribution >= 0.6 is 0 Å². The van der Waals surface area contributed by atoms with Crippen LogP contribution in [0.1, 0.15) is 43.4 Å². The van der Waals surface area contributed by atoms with Gasteiger partial charge in [-0.05, 0) is 42.3 Å². The third-order valence-corrected chi connectivity index (χ3v) is 5.48. The predicted molar refractivity (Wildman–Crippen MR) is 106 cm³/mol. The van der Waals surface area contributed by atoms with E-state index < -0.39 is 35.8 Å². The van der Waals surface area contributed by atoms with E-state index in [0.29, 0.717) is 17.5 Å². The number of hydrogen-bond acceptors (Lipinski definition) is 4. The summed E-state index contributed by atoms with van der Waals surface area (Å²) in [6.07, 6.45) is -5.02. The van der Waals surface area contributed by atoms with Gasteiger partial charge in [0.25, 0.3) is 0 Å². The van der Waals surface area contributed by atoms with E-state index in [9.17, 15) is 27.2 Å². The van der Waals surface area contributed by atoms with E-state index in [-0.39, 0.29) is 25.1 Å². The Morgan fingerprint density at radius 2 is 1.81 bits per heavy atom. The van der Waals surface area contributed by atoms with E-state index in [1.54, 1.807) is 6.92 Å². The molecule has 1 fully saturated rings. The highest BCUT2D eigenvalue weighted by atomic mass is 19.4. The maximum absolute atomic E-state index is 13.4. The van der Waals surface area contributed by atoms with Crippen LogP contribution in [0.5, 0.6) is 5.75 Å². The molecule has 10 heteroatoms. The Labute approximate surface area is 181 Å². The molecule has 0 saturated carbocycles. The van der Waals surface area contributed by atoms with Gasteiger partial charge in [-0.2, -0.15) is 0 Å². The number of ether oxygens (including phenoxy) is 2. The highest BCUT2D eigenvalue weighted by Gasteiger charge is 2.43. The zero-order chi connectivity index (χ0) is 23.5. The number of halogens is 4. The lowest BCUT2D eigenvalue weighted by atomic mass is 9.84. The van der Waals surface area contributed by atoms with E-state index in [4.69, 9.17) is 10.5 Å². The van der Waals surface area contributed by atoms with Gasteiger partial charge in [0.15, 0.2) is 0 Å². The second kappa shape index (κ2) is 9.05. The first-order valence-electron chi connectivity index (χ1n) is 9.89. The van der Waals surface area contributed by atoms with E-state index in [1.807, 2.05) is 0 Å². The van der Waals surface area contributed by atoms with E-state index in [2.05, 4.69) is 4.74 Å². The molecule has 1 heterocycles. The number of benzene rings is 2. The lowest BCUT2D eigenvalue weighted by Gasteiger charge is -2.43. The molecule has 2 aromatic carbocycles. The van der Waals surface area contributed by atoms with Crippen molar-refractivity contribution in [3.05, 3.63) is 65.5 Å². The monoisotopic (exact) mass is 454 g/mol. The number of carbonyl (C=O) groups excluding carboxylic acids is 2. The van der Waals surface area contributed by atoms with Crippen LogP contribution < -0.4 is 10.5 Å². The third kappa shape index (κ3) is 5.49. The van der Waals surface area contributed by atoms with Gasteiger partial charge in [0.2, 0.25) is 5.91 Å². The van der Waals surface area contributed by atoms with E-state index in [0.717, 1.165) is 0 Å². The Morgan fingerprint density at radius 1 is 1.19 bits per heavy atom. The van der Waals surface area contributed by atoms with Gasteiger partial charge in [-0.3, -0.25) is 4.79 Å². The average molecular weight is 454 g/mol. The van der Waals surface area contributed by atoms with Gasteiger partial charge in [0.05, 0.1) is 6.04 Å². The van der Waals surface area contributed by atoms with Crippen LogP contribution in [-0.2, 0) is 15.1 Å². The third-order valence-electron chi connectivity index (χ3n) is 5.48. The van der Waals surface area contributed by atoms with Crippen molar-refractivity contribution >= 4 is 12.0 Å². The quantitative estimate of drug-likeness (QED) is 0.610. The highest BCUT2D eigenvalue weighted by Crippen LogP contribution is 2.40. The lowest BCUT2D eigenvalue weighted by molar-refractivity contribution is -0.274. The molecule has 2 N–H and O–H groups in total. The van der Waals surface area contributed by atoms with Crippen LogP contribution in [0.15, 0.2) is 48.5 Å². The molecule has 2 amide bonds. The first-order chi connectivity index (χ1) is 15.0. The van der Waals surface area contributed by atoms with Crippen molar-refractivity contribution in [2.45, 2.75) is 44.2 Å². The molecule has 0 spiro atoms. The Balaban J connectivity index is 1.77. The Morgan fingerprint density at radius 3 is 2.34 bits per heavy atom. The molecule has 1 aliphatic heterocycles. The fourth-order valence-electron chi connectivity index (χ4n) is 3.75. The molecule has 0 radical (unpaired) electrons. The normalized spacial score (nSPS) is 19.9. The number of alkyl halides is 3. The lowest BCUT2D eigenvalue weighted by Crippen LogP contribution is -2.49. The Kier molecular flexibility index (Phi) is 6.61. The van der Waals surface area contributed by atoms with Gasteiger partial charge in [0, 0.05) is 25.8 Å². The van der Waals surface area contributed by atoms with Crippen LogP contribution in [0, 0.1) is 5.82 Å². The summed E-state index contributed by atoms with van der Waals surface area (Å²) in [4.78, 5) is 25.7. The fraction of sp³-hybridized carbons (Fsp3) is 0.364. The first-order valence-corrected chi connectivity index (χ1v) is 9.89. The van der Waals surface area contributed by atoms with Crippen molar-refractivity contribution in [1.82, 2.24) is 4.90 Å². The average Bonchev–Trinajstić information content (AvgIpc) is 2.72. The number of nitrogens with two attached hydrogens (primary N) is 1. The summed E-state index contributed by atoms with van der Waals surface area (Å²) in [6, 6.07) is 10.2. The topological polar surface area (TPSA) is 81.9 Å². The first kappa shape index (κ1) is 23.4. The van der Waals surface area contributed by atoms with Crippen molar-refractivity contribution in [2.24, 2.45) is 5.73 Å². The minimum atomic E-state index is -4.79. The summed E-state index contributed by atoms with van der Waals surface area (Å²) in [5, 5.41) is 0. The number of rotatable bonds is 7. The van der Waals surface area contributed by atoms with Crippen molar-refractivity contribution in [3.8, 4) is 5.75 Å². The summed E-state index contributed by atoms with van der Waals surface area (Å²) < 4.78 is 60.1. The van der Waals surface area contributed by atoms with Crippen molar-refractivity contribution in [3.63, 3.8) is 0 Å². The molecule has 1 aliphatic rings. The van der Waals surface area contributed by atoms with Gasteiger partial charge in [-0.15, -0.1) is 13.2 Å². The summed E-state index contributed by atoms with van der Waals surface area (Å²) in [5.74, 6) is -1.37. The van der Waals surface area contributed by atoms with Gasteiger partial charge in [0.1, 0.15) is 17.2 Å². The summed E-state index contributed by atoms with van der Waals surface area (Å²) in [5.41, 5.74) is 5.27. The van der Waals surface area contributed by atoms with E-state index in [1.165, 1.54) is 53.4 Å². The number of carbonyl (C=O) groups is 2. The smallest absolute Gasteiger partial charge is 0.438 e. The van der Waals surface area contributed by atoms with Gasteiger partial charge < -0.3 is 20.1 Å². The van der Waals surface area contributed by atoms with Gasteiger partial charge in [-0.25, -0.2) is 9.18 Å². The van der Waals surface area contributed by atoms with Crippen molar-refractivity contribution in [2.75, 3.05) is 6.54 Å². The van der Waals surface area contributed by atoms with E-state index >= 15 is 0 Å².